The van der Waals surface area contributed by atoms with E-state index in [0.717, 1.165) is 10.0 Å². The first-order chi connectivity index (χ1) is 16.7. The van der Waals surface area contributed by atoms with Crippen LogP contribution in [-0.2, 0) is 0 Å². The van der Waals surface area contributed by atoms with Crippen molar-refractivity contribution < 1.29 is 18.5 Å². The summed E-state index contributed by atoms with van der Waals surface area (Å²) in [6, 6.07) is 10.4. The Morgan fingerprint density at radius 3 is 2.46 bits per heavy atom. The van der Waals surface area contributed by atoms with Crippen LogP contribution < -0.4 is 10.5 Å². The monoisotopic (exact) mass is 601 g/mol. The number of methoxy groups -OCH3 is 1. The fourth-order valence-corrected chi connectivity index (χ4v) is 4.76. The summed E-state index contributed by atoms with van der Waals surface area (Å²) in [6.07, 6.45) is 8.47. The molecule has 0 saturated carbocycles. The maximum absolute atomic E-state index is 14.5. The zero-order chi connectivity index (χ0) is 25.3. The Bertz CT molecular complexity index is 1400. The van der Waals surface area contributed by atoms with E-state index in [1.165, 1.54) is 7.11 Å². The molecule has 178 valence electrons. The number of allylic oxidation sites excluding steroid dienone is 2. The summed E-state index contributed by atoms with van der Waals surface area (Å²) in [5, 5.41) is 10.2. The second kappa shape index (κ2) is 10.3. The Labute approximate surface area is 218 Å². The lowest BCUT2D eigenvalue weighted by atomic mass is 9.96. The number of anilines is 1. The van der Waals surface area contributed by atoms with Crippen LogP contribution in [0.15, 0.2) is 68.2 Å². The number of nitrogens with zero attached hydrogens (tertiary/aromatic N) is 2. The Morgan fingerprint density at radius 2 is 1.86 bits per heavy atom. The summed E-state index contributed by atoms with van der Waals surface area (Å²) < 4.78 is 36.2. The third-order valence-electron chi connectivity index (χ3n) is 5.53. The molecule has 35 heavy (non-hydrogen) atoms. The van der Waals surface area contributed by atoms with Crippen LogP contribution in [-0.4, -0.2) is 30.3 Å². The number of aryl methyl sites for hydroxylation is 1. The summed E-state index contributed by atoms with van der Waals surface area (Å²) in [7, 11) is -1.37. The number of rotatable bonds is 6. The first-order valence-electron chi connectivity index (χ1n) is 10.5. The topological polar surface area (TPSA) is 72.8 Å². The van der Waals surface area contributed by atoms with E-state index >= 15 is 0 Å². The van der Waals surface area contributed by atoms with Gasteiger partial charge in [-0.15, -0.1) is 0 Å². The Hall–Kier alpha value is -3.11. The lowest BCUT2D eigenvalue weighted by molar-refractivity contribution is 0.371. The van der Waals surface area contributed by atoms with Crippen molar-refractivity contribution in [2.45, 2.75) is 6.92 Å². The van der Waals surface area contributed by atoms with E-state index in [4.69, 9.17) is 10.5 Å². The Morgan fingerprint density at radius 1 is 1.14 bits per heavy atom. The van der Waals surface area contributed by atoms with Gasteiger partial charge in [0.15, 0.2) is 11.5 Å². The van der Waals surface area contributed by atoms with Crippen molar-refractivity contribution in [3.63, 3.8) is 0 Å². The molecule has 10 heteroatoms. The summed E-state index contributed by atoms with van der Waals surface area (Å²) in [5.74, 6) is 0.192. The predicted molar refractivity (Wildman–Crippen MR) is 146 cm³/mol. The van der Waals surface area contributed by atoms with Gasteiger partial charge in [-0.05, 0) is 98.0 Å². The molecule has 0 bridgehead atoms. The van der Waals surface area contributed by atoms with Crippen LogP contribution in [0.4, 0.5) is 14.3 Å². The zero-order valence-corrected chi connectivity index (χ0v) is 21.9. The van der Waals surface area contributed by atoms with Crippen molar-refractivity contribution in [3.8, 4) is 11.5 Å². The number of phenolic OH excluding ortho intramolecular Hbond substituents is 1. The van der Waals surface area contributed by atoms with Gasteiger partial charge in [-0.25, -0.2) is 0 Å². The summed E-state index contributed by atoms with van der Waals surface area (Å²) >= 11 is 6.75. The van der Waals surface area contributed by atoms with Gasteiger partial charge in [0.2, 0.25) is 0 Å². The number of hydrogen-bond donors (Lipinski definition) is 2. The maximum Gasteiger partial charge on any atom is 0.678 e. The van der Waals surface area contributed by atoms with E-state index in [9.17, 15) is 13.7 Å². The molecule has 0 unspecified atom stereocenters. The first kappa shape index (κ1) is 25.0. The minimum absolute atomic E-state index is 0.0597. The number of halogens is 4. The van der Waals surface area contributed by atoms with Gasteiger partial charge in [-0.3, -0.25) is 13.6 Å². The average molecular weight is 603 g/mol. The maximum atomic E-state index is 14.5. The molecular weight excluding hydrogens is 583 g/mol. The van der Waals surface area contributed by atoms with Gasteiger partial charge < -0.3 is 20.1 Å². The number of nitrogen functional groups attached to an aromatic ring is 1. The second-order valence-corrected chi connectivity index (χ2v) is 9.33. The fourth-order valence-electron chi connectivity index (χ4n) is 3.90. The van der Waals surface area contributed by atoms with Crippen LogP contribution >= 0.6 is 31.9 Å². The zero-order valence-electron chi connectivity index (χ0n) is 18.8. The summed E-state index contributed by atoms with van der Waals surface area (Å²) in [4.78, 5) is 4.39. The number of aliphatic imine (C=N–C) groups is 1. The van der Waals surface area contributed by atoms with E-state index in [-0.39, 0.29) is 11.5 Å². The lowest BCUT2D eigenvalue weighted by Crippen LogP contribution is -2.18. The molecule has 0 radical (unpaired) electrons. The predicted octanol–water partition coefficient (Wildman–Crippen LogP) is 6.96. The first-order valence-corrected chi connectivity index (χ1v) is 12.1. The molecular formula is C25H20BBr2F2N3O2. The smallest absolute Gasteiger partial charge is 0.503 e. The minimum atomic E-state index is -2.80. The standard InChI is InChI=1S/C25H20BBr2F2N3O2/c1-14-12-18(10-7-16-13-20(35-2)25(34)23(28)22(16)27)33(26(29)30)24(14)21(19-4-3-11-32-19)15-5-8-17(31)9-6-15/h3-13,34H,31H2,1-2H3/b10-7+,21-19-. The van der Waals surface area contributed by atoms with Crippen molar-refractivity contribution >= 4 is 68.9 Å². The SMILES string of the molecule is COc1cc(/C=C/c2cc(C)c(/C(=C3/C=CC=N3)c3ccc(N)cc3)n2B(F)F)c(Br)c(Br)c1O. The Balaban J connectivity index is 1.89. The second-order valence-electron chi connectivity index (χ2n) is 7.75. The van der Waals surface area contributed by atoms with Gasteiger partial charge in [-0.2, -0.15) is 0 Å². The molecule has 0 saturated heterocycles. The summed E-state index contributed by atoms with van der Waals surface area (Å²) in [6.45, 7) is 1.79. The van der Waals surface area contributed by atoms with Gasteiger partial charge in [0.05, 0.1) is 17.3 Å². The van der Waals surface area contributed by atoms with E-state index < -0.39 is 7.40 Å². The Kier molecular flexibility index (Phi) is 7.32. The lowest BCUT2D eigenvalue weighted by Gasteiger charge is -2.16. The molecule has 0 aliphatic carbocycles. The van der Waals surface area contributed by atoms with Crippen molar-refractivity contribution in [2.75, 3.05) is 12.8 Å². The third kappa shape index (κ3) is 4.85. The van der Waals surface area contributed by atoms with Gasteiger partial charge in [0.25, 0.3) is 0 Å². The number of ether oxygens (including phenoxy) is 1. The number of benzene rings is 2. The van der Waals surface area contributed by atoms with Crippen LogP contribution in [0.25, 0.3) is 17.7 Å². The van der Waals surface area contributed by atoms with Crippen molar-refractivity contribution in [3.05, 3.63) is 91.3 Å². The highest BCUT2D eigenvalue weighted by molar-refractivity contribution is 9.13. The highest BCUT2D eigenvalue weighted by Gasteiger charge is 2.28. The van der Waals surface area contributed by atoms with E-state index in [1.807, 2.05) is 0 Å². The van der Waals surface area contributed by atoms with Gasteiger partial charge >= 0.3 is 7.40 Å². The molecule has 0 spiro atoms. The molecule has 4 rings (SSSR count). The van der Waals surface area contributed by atoms with Gasteiger partial charge in [0.1, 0.15) is 0 Å². The molecule has 0 atom stereocenters. The number of phenols is 1. The minimum Gasteiger partial charge on any atom is -0.503 e. The molecule has 0 fully saturated rings. The fraction of sp³-hybridized carbons (Fsp3) is 0.0800. The highest BCUT2D eigenvalue weighted by Crippen LogP contribution is 2.42. The van der Waals surface area contributed by atoms with Crippen LogP contribution in [0.2, 0.25) is 0 Å². The van der Waals surface area contributed by atoms with Crippen LogP contribution in [0.5, 0.6) is 11.5 Å². The number of aromatic hydroxyl groups is 1. The van der Waals surface area contributed by atoms with E-state index in [1.54, 1.807) is 73.8 Å². The van der Waals surface area contributed by atoms with Crippen molar-refractivity contribution in [1.29, 1.82) is 0 Å². The van der Waals surface area contributed by atoms with Gasteiger partial charge in [0, 0.05) is 33.3 Å². The van der Waals surface area contributed by atoms with Crippen molar-refractivity contribution in [2.24, 2.45) is 4.99 Å². The largest absolute Gasteiger partial charge is 0.678 e. The van der Waals surface area contributed by atoms with Crippen LogP contribution in [0.3, 0.4) is 0 Å². The number of nitrogens with two attached hydrogens (primary N) is 1. The molecule has 3 N–H and O–H groups in total. The molecule has 1 aliphatic heterocycles. The number of hydrogen-bond acceptors (Lipinski definition) is 4. The van der Waals surface area contributed by atoms with Gasteiger partial charge in [-0.1, -0.05) is 18.2 Å². The molecule has 2 aromatic carbocycles. The summed E-state index contributed by atoms with van der Waals surface area (Å²) in [5.41, 5.74) is 10.3. The average Bonchev–Trinajstić information content (AvgIpc) is 3.47. The van der Waals surface area contributed by atoms with Crippen LogP contribution in [0, 0.1) is 6.92 Å². The molecule has 3 aromatic rings. The van der Waals surface area contributed by atoms with Crippen LogP contribution in [0.1, 0.15) is 28.1 Å². The molecule has 1 aliphatic rings. The van der Waals surface area contributed by atoms with E-state index in [2.05, 4.69) is 36.9 Å². The molecule has 2 heterocycles. The van der Waals surface area contributed by atoms with Crippen molar-refractivity contribution in [1.82, 2.24) is 4.48 Å². The highest BCUT2D eigenvalue weighted by atomic mass is 79.9. The third-order valence-corrected chi connectivity index (χ3v) is 7.68. The molecule has 5 nitrogen and oxygen atoms in total. The number of aromatic nitrogens is 1. The quantitative estimate of drug-likeness (QED) is 0.237. The molecule has 1 aromatic heterocycles. The molecule has 0 amide bonds. The normalized spacial score (nSPS) is 14.2. The van der Waals surface area contributed by atoms with E-state index in [0.29, 0.717) is 48.4 Å².